The molecule has 0 aliphatic heterocycles. The van der Waals surface area contributed by atoms with Crippen molar-refractivity contribution in [2.45, 2.75) is 39.8 Å². The first-order valence-corrected chi connectivity index (χ1v) is 10.0. The van der Waals surface area contributed by atoms with Crippen LogP contribution >= 0.6 is 0 Å². The fourth-order valence-corrected chi connectivity index (χ4v) is 3.34. The van der Waals surface area contributed by atoms with Gasteiger partial charge in [-0.1, -0.05) is 26.0 Å². The predicted molar refractivity (Wildman–Crippen MR) is 112 cm³/mol. The van der Waals surface area contributed by atoms with Crippen LogP contribution in [0.2, 0.25) is 0 Å². The Kier molecular flexibility index (Phi) is 6.94. The average Bonchev–Trinajstić information content (AvgIpc) is 3.10. The van der Waals surface area contributed by atoms with Gasteiger partial charge in [0.2, 0.25) is 5.91 Å². The largest absolute Gasteiger partial charge is 0.345 e. The smallest absolute Gasteiger partial charge is 0.251 e. The van der Waals surface area contributed by atoms with E-state index < -0.39 is 0 Å². The second-order valence-electron chi connectivity index (χ2n) is 6.90. The summed E-state index contributed by atoms with van der Waals surface area (Å²) in [6, 6.07) is 11.0. The zero-order valence-electron chi connectivity index (χ0n) is 17.0. The lowest BCUT2D eigenvalue weighted by atomic mass is 10.2. The summed E-state index contributed by atoms with van der Waals surface area (Å²) < 4.78 is 1.91. The van der Waals surface area contributed by atoms with Crippen LogP contribution < -0.4 is 5.32 Å². The maximum absolute atomic E-state index is 12.9. The Bertz CT molecular complexity index is 962. The van der Waals surface area contributed by atoms with E-state index in [1.807, 2.05) is 33.7 Å². The second kappa shape index (κ2) is 9.82. The van der Waals surface area contributed by atoms with Gasteiger partial charge in [0.1, 0.15) is 12.4 Å². The standard InChI is InChI=1S/C22H27N5O2/c1-3-13-26(14-4-2)21(28)16-27-19-8-6-5-7-18(19)25-20(27)15-24-22(29)17-9-11-23-12-10-17/h5-12H,3-4,13-16H2,1-2H3,(H,24,29). The highest BCUT2D eigenvalue weighted by Gasteiger charge is 2.18. The number of carbonyl (C=O) groups is 2. The molecule has 2 aromatic heterocycles. The first-order chi connectivity index (χ1) is 14.1. The van der Waals surface area contributed by atoms with Gasteiger partial charge in [0.05, 0.1) is 17.6 Å². The molecule has 7 heteroatoms. The summed E-state index contributed by atoms with van der Waals surface area (Å²) in [6.45, 7) is 6.08. The molecule has 0 saturated carbocycles. The van der Waals surface area contributed by atoms with Crippen molar-refractivity contribution < 1.29 is 9.59 Å². The summed E-state index contributed by atoms with van der Waals surface area (Å²) in [5.41, 5.74) is 2.24. The van der Waals surface area contributed by atoms with Gasteiger partial charge < -0.3 is 14.8 Å². The van der Waals surface area contributed by atoms with E-state index in [9.17, 15) is 9.59 Å². The number of para-hydroxylation sites is 2. The monoisotopic (exact) mass is 393 g/mol. The van der Waals surface area contributed by atoms with Crippen LogP contribution in [0, 0.1) is 0 Å². The highest BCUT2D eigenvalue weighted by atomic mass is 16.2. The second-order valence-corrected chi connectivity index (χ2v) is 6.90. The molecule has 29 heavy (non-hydrogen) atoms. The Hall–Kier alpha value is -3.22. The minimum atomic E-state index is -0.198. The van der Waals surface area contributed by atoms with Crippen LogP contribution in [0.3, 0.4) is 0 Å². The number of nitrogens with zero attached hydrogens (tertiary/aromatic N) is 4. The number of benzene rings is 1. The summed E-state index contributed by atoms with van der Waals surface area (Å²) in [7, 11) is 0. The summed E-state index contributed by atoms with van der Waals surface area (Å²) in [4.78, 5) is 35.8. The fourth-order valence-electron chi connectivity index (χ4n) is 3.34. The van der Waals surface area contributed by atoms with E-state index in [1.54, 1.807) is 24.5 Å². The van der Waals surface area contributed by atoms with Crippen molar-refractivity contribution in [3.8, 4) is 0 Å². The van der Waals surface area contributed by atoms with Crippen LogP contribution in [0.1, 0.15) is 42.9 Å². The lowest BCUT2D eigenvalue weighted by Gasteiger charge is -2.22. The number of carbonyl (C=O) groups excluding carboxylic acids is 2. The number of pyridine rings is 1. The van der Waals surface area contributed by atoms with Gasteiger partial charge in [0.25, 0.3) is 5.91 Å². The maximum atomic E-state index is 12.9. The zero-order chi connectivity index (χ0) is 20.6. The number of fused-ring (bicyclic) bond motifs is 1. The molecule has 1 N–H and O–H groups in total. The molecule has 0 atom stereocenters. The van der Waals surface area contributed by atoms with Gasteiger partial charge in [-0.15, -0.1) is 0 Å². The number of imidazole rings is 1. The lowest BCUT2D eigenvalue weighted by molar-refractivity contribution is -0.131. The first kappa shape index (κ1) is 20.5. The third-order valence-electron chi connectivity index (χ3n) is 4.72. The Labute approximate surface area is 170 Å². The van der Waals surface area contributed by atoms with Crippen molar-refractivity contribution in [1.82, 2.24) is 24.8 Å². The Morgan fingerprint density at radius 3 is 2.41 bits per heavy atom. The molecule has 152 valence electrons. The zero-order valence-corrected chi connectivity index (χ0v) is 17.0. The third kappa shape index (κ3) is 4.99. The van der Waals surface area contributed by atoms with E-state index in [0.29, 0.717) is 11.4 Å². The number of aromatic nitrogens is 3. The van der Waals surface area contributed by atoms with Crippen molar-refractivity contribution in [2.75, 3.05) is 13.1 Å². The highest BCUT2D eigenvalue weighted by Crippen LogP contribution is 2.17. The number of nitrogens with one attached hydrogen (secondary N) is 1. The van der Waals surface area contributed by atoms with Crippen molar-refractivity contribution in [3.05, 3.63) is 60.2 Å². The van der Waals surface area contributed by atoms with Crippen LogP contribution in [-0.2, 0) is 17.9 Å². The molecule has 0 aliphatic carbocycles. The van der Waals surface area contributed by atoms with Crippen molar-refractivity contribution >= 4 is 22.8 Å². The third-order valence-corrected chi connectivity index (χ3v) is 4.72. The molecular formula is C22H27N5O2. The van der Waals surface area contributed by atoms with Crippen LogP contribution in [0.25, 0.3) is 11.0 Å². The molecular weight excluding hydrogens is 366 g/mol. The molecule has 1 aromatic carbocycles. The Morgan fingerprint density at radius 1 is 1.03 bits per heavy atom. The van der Waals surface area contributed by atoms with Crippen molar-refractivity contribution in [1.29, 1.82) is 0 Å². The number of hydrogen-bond donors (Lipinski definition) is 1. The molecule has 0 aliphatic rings. The molecule has 7 nitrogen and oxygen atoms in total. The van der Waals surface area contributed by atoms with Crippen LogP contribution in [0.5, 0.6) is 0 Å². The molecule has 0 radical (unpaired) electrons. The summed E-state index contributed by atoms with van der Waals surface area (Å²) in [5.74, 6) is 0.532. The van der Waals surface area contributed by atoms with Crippen LogP contribution in [0.15, 0.2) is 48.8 Å². The summed E-state index contributed by atoms with van der Waals surface area (Å²) >= 11 is 0. The van der Waals surface area contributed by atoms with E-state index in [-0.39, 0.29) is 24.9 Å². The van der Waals surface area contributed by atoms with Gasteiger partial charge in [0, 0.05) is 31.0 Å². The summed E-state index contributed by atoms with van der Waals surface area (Å²) in [6.07, 6.45) is 5.01. The minimum Gasteiger partial charge on any atom is -0.345 e. The molecule has 2 amide bonds. The Morgan fingerprint density at radius 2 is 1.72 bits per heavy atom. The van der Waals surface area contributed by atoms with Gasteiger partial charge in [-0.05, 0) is 37.1 Å². The van der Waals surface area contributed by atoms with E-state index >= 15 is 0 Å². The molecule has 3 rings (SSSR count). The predicted octanol–water partition coefficient (Wildman–Crippen LogP) is 3.01. The van der Waals surface area contributed by atoms with Crippen molar-refractivity contribution in [3.63, 3.8) is 0 Å². The van der Waals surface area contributed by atoms with Gasteiger partial charge in [-0.2, -0.15) is 0 Å². The SMILES string of the molecule is CCCN(CCC)C(=O)Cn1c(CNC(=O)c2ccncc2)nc2ccccc21. The Balaban J connectivity index is 1.82. The normalized spacial score (nSPS) is 10.8. The molecule has 0 bridgehead atoms. The molecule has 3 aromatic rings. The van der Waals surface area contributed by atoms with Crippen LogP contribution in [0.4, 0.5) is 0 Å². The topological polar surface area (TPSA) is 80.1 Å². The lowest BCUT2D eigenvalue weighted by Crippen LogP contribution is -2.35. The molecule has 2 heterocycles. The van der Waals surface area contributed by atoms with Gasteiger partial charge >= 0.3 is 0 Å². The van der Waals surface area contributed by atoms with E-state index in [2.05, 4.69) is 29.1 Å². The first-order valence-electron chi connectivity index (χ1n) is 10.0. The molecule has 0 fully saturated rings. The maximum Gasteiger partial charge on any atom is 0.251 e. The number of rotatable bonds is 9. The van der Waals surface area contributed by atoms with Crippen molar-refractivity contribution in [2.24, 2.45) is 0 Å². The number of hydrogen-bond acceptors (Lipinski definition) is 4. The van der Waals surface area contributed by atoms with E-state index in [4.69, 9.17) is 0 Å². The molecule has 0 spiro atoms. The molecule has 0 unspecified atom stereocenters. The van der Waals surface area contributed by atoms with Crippen LogP contribution in [-0.4, -0.2) is 44.3 Å². The number of amides is 2. The summed E-state index contributed by atoms with van der Waals surface area (Å²) in [5, 5.41) is 2.89. The van der Waals surface area contributed by atoms with Gasteiger partial charge in [-0.25, -0.2) is 4.98 Å². The minimum absolute atomic E-state index is 0.0681. The highest BCUT2D eigenvalue weighted by molar-refractivity contribution is 5.94. The van der Waals surface area contributed by atoms with E-state index in [0.717, 1.165) is 37.0 Å². The van der Waals surface area contributed by atoms with Gasteiger partial charge in [-0.3, -0.25) is 14.6 Å². The van der Waals surface area contributed by atoms with E-state index in [1.165, 1.54) is 0 Å². The molecule has 0 saturated heterocycles. The fraction of sp³-hybridized carbons (Fsp3) is 0.364. The average molecular weight is 393 g/mol. The quantitative estimate of drug-likeness (QED) is 0.606. The van der Waals surface area contributed by atoms with Gasteiger partial charge in [0.15, 0.2) is 0 Å².